The number of anilines is 2. The van der Waals surface area contributed by atoms with Crippen molar-refractivity contribution in [3.05, 3.63) is 95.1 Å². The smallest absolute Gasteiger partial charge is 0.337 e. The van der Waals surface area contributed by atoms with Gasteiger partial charge in [-0.1, -0.05) is 48.5 Å². The molecule has 1 heterocycles. The average Bonchev–Trinajstić information content (AvgIpc) is 3.24. The highest BCUT2D eigenvalue weighted by molar-refractivity contribution is 7.88. The quantitative estimate of drug-likeness (QED) is 0.190. The summed E-state index contributed by atoms with van der Waals surface area (Å²) in [6.07, 6.45) is 1.87. The molecular formula is C29H32N4O5S. The molecule has 3 aromatic carbocycles. The van der Waals surface area contributed by atoms with Crippen molar-refractivity contribution in [2.75, 3.05) is 44.1 Å². The summed E-state index contributed by atoms with van der Waals surface area (Å²) < 4.78 is 29.7. The lowest BCUT2D eigenvalue weighted by Crippen LogP contribution is -2.27. The fourth-order valence-electron chi connectivity index (χ4n) is 4.38. The van der Waals surface area contributed by atoms with E-state index in [1.54, 1.807) is 18.2 Å². The second-order valence-electron chi connectivity index (χ2n) is 9.40. The zero-order valence-corrected chi connectivity index (χ0v) is 23.0. The van der Waals surface area contributed by atoms with Crippen LogP contribution in [0.5, 0.6) is 0 Å². The number of ether oxygens (including phenoxy) is 1. The zero-order chi connectivity index (χ0) is 28.0. The first-order chi connectivity index (χ1) is 18.6. The Labute approximate surface area is 228 Å². The molecule has 10 heteroatoms. The molecule has 1 aliphatic rings. The number of nitrogens with zero attached hydrogens (tertiary/aromatic N) is 1. The Morgan fingerprint density at radius 3 is 2.38 bits per heavy atom. The summed E-state index contributed by atoms with van der Waals surface area (Å²) in [6, 6.07) is 22.6. The van der Waals surface area contributed by atoms with Crippen LogP contribution in [-0.4, -0.2) is 58.7 Å². The SMILES string of the molecule is COC(=O)c1ccc2c(c1)NC(=O)C2=C(Nc1ccc(CN(C)CCCNS(C)(=O)=O)cc1)c1ccccc1. The molecule has 0 saturated heterocycles. The Hall–Kier alpha value is -3.99. The fraction of sp³-hybridized carbons (Fsp3) is 0.241. The van der Waals surface area contributed by atoms with Crippen molar-refractivity contribution in [1.82, 2.24) is 9.62 Å². The standard InChI is InChI=1S/C29H32N4O5S/c1-33(17-7-16-30-39(3,36)37)19-20-10-13-23(14-11-20)31-27(21-8-5-4-6-9-21)26-24-15-12-22(29(35)38-2)18-25(24)32-28(26)34/h4-6,8-15,18,30-31H,7,16-17,19H2,1-3H3,(H,32,34). The molecule has 4 rings (SSSR count). The third kappa shape index (κ3) is 7.32. The van der Waals surface area contributed by atoms with Gasteiger partial charge in [-0.2, -0.15) is 0 Å². The number of carbonyl (C=O) groups is 2. The molecule has 0 aliphatic carbocycles. The number of hydrogen-bond acceptors (Lipinski definition) is 7. The Morgan fingerprint density at radius 2 is 1.72 bits per heavy atom. The molecular weight excluding hydrogens is 516 g/mol. The molecule has 1 amide bonds. The maximum Gasteiger partial charge on any atom is 0.337 e. The lowest BCUT2D eigenvalue weighted by Gasteiger charge is -2.18. The van der Waals surface area contributed by atoms with Crippen LogP contribution in [0, 0.1) is 0 Å². The second kappa shape index (κ2) is 12.2. The van der Waals surface area contributed by atoms with Crippen LogP contribution in [0.25, 0.3) is 11.3 Å². The first kappa shape index (κ1) is 28.0. The van der Waals surface area contributed by atoms with E-state index in [1.807, 2.05) is 61.6 Å². The monoisotopic (exact) mass is 548 g/mol. The summed E-state index contributed by atoms with van der Waals surface area (Å²) in [5.41, 5.74) is 5.52. The van der Waals surface area contributed by atoms with E-state index >= 15 is 0 Å². The second-order valence-corrected chi connectivity index (χ2v) is 11.2. The van der Waals surface area contributed by atoms with Crippen LogP contribution in [0.1, 0.15) is 33.5 Å². The molecule has 0 fully saturated rings. The first-order valence-corrected chi connectivity index (χ1v) is 14.4. The third-order valence-electron chi connectivity index (χ3n) is 6.25. The first-order valence-electron chi connectivity index (χ1n) is 12.5. The minimum absolute atomic E-state index is 0.262. The maximum atomic E-state index is 13.2. The van der Waals surface area contributed by atoms with E-state index in [4.69, 9.17) is 4.74 Å². The summed E-state index contributed by atoms with van der Waals surface area (Å²) >= 11 is 0. The van der Waals surface area contributed by atoms with Gasteiger partial charge in [0.25, 0.3) is 5.91 Å². The fourth-order valence-corrected chi connectivity index (χ4v) is 4.90. The normalized spacial score (nSPS) is 14.1. The van der Waals surface area contributed by atoms with Crippen LogP contribution in [0.3, 0.4) is 0 Å². The predicted octanol–water partition coefficient (Wildman–Crippen LogP) is 3.78. The van der Waals surface area contributed by atoms with Gasteiger partial charge in [0, 0.05) is 24.3 Å². The molecule has 204 valence electrons. The van der Waals surface area contributed by atoms with Gasteiger partial charge in [-0.05, 0) is 55.4 Å². The van der Waals surface area contributed by atoms with Gasteiger partial charge in [-0.25, -0.2) is 17.9 Å². The van der Waals surface area contributed by atoms with Gasteiger partial charge in [0.15, 0.2) is 0 Å². The molecule has 0 radical (unpaired) electrons. The largest absolute Gasteiger partial charge is 0.465 e. The van der Waals surface area contributed by atoms with Crippen molar-refractivity contribution in [3.63, 3.8) is 0 Å². The summed E-state index contributed by atoms with van der Waals surface area (Å²) in [7, 11) is 0.140. The Morgan fingerprint density at radius 1 is 1.00 bits per heavy atom. The number of benzene rings is 3. The van der Waals surface area contributed by atoms with Crippen molar-refractivity contribution >= 4 is 44.5 Å². The number of amides is 1. The van der Waals surface area contributed by atoms with Crippen molar-refractivity contribution < 1.29 is 22.7 Å². The molecule has 3 aromatic rings. The van der Waals surface area contributed by atoms with Crippen molar-refractivity contribution in [2.24, 2.45) is 0 Å². The van der Waals surface area contributed by atoms with Crippen molar-refractivity contribution in [1.29, 1.82) is 0 Å². The molecule has 0 unspecified atom stereocenters. The van der Waals surface area contributed by atoms with E-state index in [1.165, 1.54) is 7.11 Å². The van der Waals surface area contributed by atoms with Crippen LogP contribution in [-0.2, 0) is 26.1 Å². The summed E-state index contributed by atoms with van der Waals surface area (Å²) in [5, 5.41) is 6.32. The molecule has 3 N–H and O–H groups in total. The van der Waals surface area contributed by atoms with Gasteiger partial charge in [0.05, 0.1) is 35.9 Å². The van der Waals surface area contributed by atoms with Crippen LogP contribution >= 0.6 is 0 Å². The van der Waals surface area contributed by atoms with E-state index < -0.39 is 16.0 Å². The molecule has 0 aromatic heterocycles. The zero-order valence-electron chi connectivity index (χ0n) is 22.2. The number of nitrogens with one attached hydrogen (secondary N) is 3. The number of fused-ring (bicyclic) bond motifs is 1. The highest BCUT2D eigenvalue weighted by Crippen LogP contribution is 2.38. The van der Waals surface area contributed by atoms with E-state index in [0.717, 1.165) is 29.6 Å². The number of sulfonamides is 1. The Bertz CT molecular complexity index is 1490. The number of hydrogen-bond donors (Lipinski definition) is 3. The van der Waals surface area contributed by atoms with Crippen LogP contribution in [0.15, 0.2) is 72.8 Å². The average molecular weight is 549 g/mol. The summed E-state index contributed by atoms with van der Waals surface area (Å²) in [4.78, 5) is 27.3. The summed E-state index contributed by atoms with van der Waals surface area (Å²) in [6.45, 7) is 1.87. The van der Waals surface area contributed by atoms with Crippen LogP contribution in [0.2, 0.25) is 0 Å². The molecule has 0 atom stereocenters. The van der Waals surface area contributed by atoms with Gasteiger partial charge >= 0.3 is 5.97 Å². The molecule has 0 bridgehead atoms. The van der Waals surface area contributed by atoms with Gasteiger partial charge in [-0.15, -0.1) is 0 Å². The van der Waals surface area contributed by atoms with Gasteiger partial charge in [0.1, 0.15) is 0 Å². The summed E-state index contributed by atoms with van der Waals surface area (Å²) in [5.74, 6) is -0.732. The third-order valence-corrected chi connectivity index (χ3v) is 6.98. The van der Waals surface area contributed by atoms with Gasteiger partial charge < -0.3 is 20.3 Å². The minimum Gasteiger partial charge on any atom is -0.465 e. The molecule has 0 saturated carbocycles. The number of rotatable bonds is 11. The maximum absolute atomic E-state index is 13.2. The van der Waals surface area contributed by atoms with Crippen LogP contribution in [0.4, 0.5) is 11.4 Å². The number of carbonyl (C=O) groups excluding carboxylic acids is 2. The molecule has 9 nitrogen and oxygen atoms in total. The van der Waals surface area contributed by atoms with Gasteiger partial charge in [-0.3, -0.25) is 4.79 Å². The lowest BCUT2D eigenvalue weighted by molar-refractivity contribution is -0.110. The lowest BCUT2D eigenvalue weighted by atomic mass is 9.99. The number of esters is 1. The predicted molar refractivity (Wildman–Crippen MR) is 154 cm³/mol. The highest BCUT2D eigenvalue weighted by atomic mass is 32.2. The minimum atomic E-state index is -3.17. The van der Waals surface area contributed by atoms with E-state index in [9.17, 15) is 18.0 Å². The van der Waals surface area contributed by atoms with Crippen molar-refractivity contribution in [3.8, 4) is 0 Å². The molecule has 1 aliphatic heterocycles. The highest BCUT2D eigenvalue weighted by Gasteiger charge is 2.29. The van der Waals surface area contributed by atoms with Crippen LogP contribution < -0.4 is 15.4 Å². The number of methoxy groups -OCH3 is 1. The Kier molecular flexibility index (Phi) is 8.80. The van der Waals surface area contributed by atoms with Gasteiger partial charge in [0.2, 0.25) is 10.0 Å². The van der Waals surface area contributed by atoms with Crippen molar-refractivity contribution in [2.45, 2.75) is 13.0 Å². The molecule has 0 spiro atoms. The Balaban J connectivity index is 1.54. The van der Waals surface area contributed by atoms with E-state index in [-0.39, 0.29) is 5.91 Å². The van der Waals surface area contributed by atoms with E-state index in [0.29, 0.717) is 47.6 Å². The topological polar surface area (TPSA) is 117 Å². The molecule has 39 heavy (non-hydrogen) atoms. The van der Waals surface area contributed by atoms with E-state index in [2.05, 4.69) is 20.3 Å².